The van der Waals surface area contributed by atoms with Crippen LogP contribution in [0.25, 0.3) is 10.2 Å². The molecule has 4 rings (SSSR count). The van der Waals surface area contributed by atoms with Crippen molar-refractivity contribution in [1.29, 1.82) is 0 Å². The first-order chi connectivity index (χ1) is 14.3. The predicted octanol–water partition coefficient (Wildman–Crippen LogP) is 2.43. The van der Waals surface area contributed by atoms with Gasteiger partial charge >= 0.3 is 0 Å². The van der Waals surface area contributed by atoms with E-state index in [-0.39, 0.29) is 23.5 Å². The Labute approximate surface area is 181 Å². The molecule has 1 atom stereocenters. The quantitative estimate of drug-likeness (QED) is 0.803. The minimum absolute atomic E-state index is 0.00406. The van der Waals surface area contributed by atoms with Crippen molar-refractivity contribution in [3.8, 4) is 0 Å². The number of aryl methyl sites for hydroxylation is 1. The number of carbonyl (C=O) groups excluding carboxylic acids is 1. The zero-order valence-corrected chi connectivity index (χ0v) is 19.2. The van der Waals surface area contributed by atoms with Gasteiger partial charge in [0.05, 0.1) is 11.9 Å². The molecule has 1 amide bonds. The van der Waals surface area contributed by atoms with Crippen LogP contribution < -0.4 is 5.56 Å². The Hall–Kier alpha value is -1.77. The fourth-order valence-electron chi connectivity index (χ4n) is 4.62. The van der Waals surface area contributed by atoms with Gasteiger partial charge in [-0.2, -0.15) is 0 Å². The van der Waals surface area contributed by atoms with Gasteiger partial charge < -0.3 is 14.6 Å². The topological polar surface area (TPSA) is 78.5 Å². The summed E-state index contributed by atoms with van der Waals surface area (Å²) in [6, 6.07) is 0. The summed E-state index contributed by atoms with van der Waals surface area (Å²) < 4.78 is 4.94. The molecule has 3 heterocycles. The molecular formula is C22H32N4O3S. The second-order valence-corrected chi connectivity index (χ2v) is 10.7. The van der Waals surface area contributed by atoms with E-state index < -0.39 is 0 Å². The maximum Gasteiger partial charge on any atom is 0.259 e. The van der Waals surface area contributed by atoms with Gasteiger partial charge in [0.1, 0.15) is 17.3 Å². The molecule has 2 aromatic rings. The van der Waals surface area contributed by atoms with E-state index in [4.69, 9.17) is 9.72 Å². The smallest absolute Gasteiger partial charge is 0.259 e. The number of aromatic nitrogens is 2. The molecule has 1 aliphatic heterocycles. The Morgan fingerprint density at radius 1 is 1.27 bits per heavy atom. The first-order valence-electron chi connectivity index (χ1n) is 10.8. The average molecular weight is 433 g/mol. The van der Waals surface area contributed by atoms with Gasteiger partial charge in [0.15, 0.2) is 0 Å². The number of hydrogen-bond donors (Lipinski definition) is 1. The Kier molecular flexibility index (Phi) is 6.01. The molecule has 0 aromatic carbocycles. The molecule has 2 aromatic heterocycles. The maximum absolute atomic E-state index is 12.9. The van der Waals surface area contributed by atoms with Crippen LogP contribution in [-0.4, -0.2) is 65.6 Å². The largest absolute Gasteiger partial charge is 0.375 e. The molecule has 2 aliphatic rings. The fraction of sp³-hybridized carbons (Fsp3) is 0.682. The molecule has 1 saturated heterocycles. The van der Waals surface area contributed by atoms with E-state index in [0.29, 0.717) is 25.6 Å². The van der Waals surface area contributed by atoms with Gasteiger partial charge in [0.25, 0.3) is 5.56 Å². The molecule has 0 radical (unpaired) electrons. The number of H-pyrrole nitrogens is 1. The molecule has 8 heteroatoms. The van der Waals surface area contributed by atoms with Gasteiger partial charge in [0.2, 0.25) is 5.91 Å². The van der Waals surface area contributed by atoms with Gasteiger partial charge in [-0.05, 0) is 36.2 Å². The summed E-state index contributed by atoms with van der Waals surface area (Å²) in [5.74, 6) is 1.40. The van der Waals surface area contributed by atoms with Crippen LogP contribution in [0, 0.1) is 11.3 Å². The van der Waals surface area contributed by atoms with Gasteiger partial charge in [-0.1, -0.05) is 20.8 Å². The summed E-state index contributed by atoms with van der Waals surface area (Å²) in [5.41, 5.74) is 1.50. The van der Waals surface area contributed by atoms with Crippen LogP contribution in [0.15, 0.2) is 4.79 Å². The second-order valence-electron chi connectivity index (χ2n) is 9.59. The summed E-state index contributed by atoms with van der Waals surface area (Å²) in [7, 11) is 1.54. The Morgan fingerprint density at radius 3 is 2.67 bits per heavy atom. The van der Waals surface area contributed by atoms with E-state index in [2.05, 4.69) is 30.7 Å². The highest BCUT2D eigenvalue weighted by Crippen LogP contribution is 2.41. The number of amides is 1. The summed E-state index contributed by atoms with van der Waals surface area (Å²) in [4.78, 5) is 39.0. The number of ether oxygens (including phenoxy) is 1. The van der Waals surface area contributed by atoms with Crippen molar-refractivity contribution < 1.29 is 9.53 Å². The van der Waals surface area contributed by atoms with Crippen LogP contribution in [0.4, 0.5) is 0 Å². The van der Waals surface area contributed by atoms with Crippen molar-refractivity contribution in [1.82, 2.24) is 19.8 Å². The van der Waals surface area contributed by atoms with E-state index in [1.54, 1.807) is 11.3 Å². The molecule has 0 bridgehead atoms. The lowest BCUT2D eigenvalue weighted by Crippen LogP contribution is -2.49. The third-order valence-corrected chi connectivity index (χ3v) is 7.71. The van der Waals surface area contributed by atoms with Crippen molar-refractivity contribution >= 4 is 27.5 Å². The normalized spacial score (nSPS) is 20.5. The molecule has 7 nitrogen and oxygen atoms in total. The third kappa shape index (κ3) is 4.31. The van der Waals surface area contributed by atoms with Crippen molar-refractivity contribution in [3.05, 3.63) is 26.6 Å². The number of methoxy groups -OCH3 is 1. The highest BCUT2D eigenvalue weighted by atomic mass is 32.1. The highest BCUT2D eigenvalue weighted by Gasteiger charge is 2.31. The van der Waals surface area contributed by atoms with Gasteiger partial charge in [-0.15, -0.1) is 11.3 Å². The molecule has 164 valence electrons. The van der Waals surface area contributed by atoms with Crippen LogP contribution in [0.1, 0.15) is 43.5 Å². The number of rotatable bonds is 4. The summed E-state index contributed by atoms with van der Waals surface area (Å²) in [6.07, 6.45) is 3.15. The summed E-state index contributed by atoms with van der Waals surface area (Å²) in [5, 5.41) is 0.807. The lowest BCUT2D eigenvalue weighted by atomic mass is 9.72. The fourth-order valence-corrected chi connectivity index (χ4v) is 5.94. The number of nitrogens with zero attached hydrogens (tertiary/aromatic N) is 3. The zero-order chi connectivity index (χ0) is 21.5. The van der Waals surface area contributed by atoms with Crippen molar-refractivity contribution in [2.75, 3.05) is 39.9 Å². The van der Waals surface area contributed by atoms with Crippen LogP contribution in [-0.2, 0) is 28.9 Å². The van der Waals surface area contributed by atoms with E-state index in [9.17, 15) is 9.59 Å². The zero-order valence-electron chi connectivity index (χ0n) is 18.4. The van der Waals surface area contributed by atoms with E-state index in [0.717, 1.165) is 48.4 Å². The van der Waals surface area contributed by atoms with E-state index in [1.807, 2.05) is 4.90 Å². The first kappa shape index (κ1) is 21.5. The number of piperazine rings is 1. The van der Waals surface area contributed by atoms with E-state index in [1.165, 1.54) is 17.6 Å². The SMILES string of the molecule is COCC(=O)N1CCN(Cc2nc3sc4c(c3c(=O)[nH]2)CCC(C(C)(C)C)C4)CC1. The molecular weight excluding hydrogens is 400 g/mol. The molecule has 0 saturated carbocycles. The Balaban J connectivity index is 1.48. The van der Waals surface area contributed by atoms with Gasteiger partial charge in [-0.25, -0.2) is 4.98 Å². The molecule has 1 N–H and O–H groups in total. The van der Waals surface area contributed by atoms with Crippen molar-refractivity contribution in [2.24, 2.45) is 11.3 Å². The molecule has 1 fully saturated rings. The van der Waals surface area contributed by atoms with Gasteiger partial charge in [0, 0.05) is 38.2 Å². The first-order valence-corrected chi connectivity index (χ1v) is 11.6. The second kappa shape index (κ2) is 8.40. The molecule has 1 aliphatic carbocycles. The Morgan fingerprint density at radius 2 is 2.00 bits per heavy atom. The predicted molar refractivity (Wildman–Crippen MR) is 119 cm³/mol. The van der Waals surface area contributed by atoms with E-state index >= 15 is 0 Å². The minimum atomic E-state index is -0.00406. The number of fused-ring (bicyclic) bond motifs is 3. The van der Waals surface area contributed by atoms with Crippen LogP contribution >= 0.6 is 11.3 Å². The highest BCUT2D eigenvalue weighted by molar-refractivity contribution is 7.18. The standard InChI is InChI=1S/C22H32N4O3S/c1-22(2,3)14-5-6-15-16(11-14)30-21-19(15)20(28)23-17(24-21)12-25-7-9-26(10-8-25)18(27)13-29-4/h14H,5-13H2,1-4H3,(H,23,24,28). The number of thiophene rings is 1. The van der Waals surface area contributed by atoms with Crippen molar-refractivity contribution in [3.63, 3.8) is 0 Å². The van der Waals surface area contributed by atoms with Crippen LogP contribution in [0.2, 0.25) is 0 Å². The van der Waals surface area contributed by atoms with Gasteiger partial charge in [-0.3, -0.25) is 14.5 Å². The molecule has 1 unspecified atom stereocenters. The number of nitrogens with one attached hydrogen (secondary N) is 1. The Bertz CT molecular complexity index is 983. The lowest BCUT2D eigenvalue weighted by molar-refractivity contribution is -0.136. The van der Waals surface area contributed by atoms with Crippen LogP contribution in [0.3, 0.4) is 0 Å². The van der Waals surface area contributed by atoms with Crippen LogP contribution in [0.5, 0.6) is 0 Å². The minimum Gasteiger partial charge on any atom is -0.375 e. The lowest BCUT2D eigenvalue weighted by Gasteiger charge is -2.34. The molecule has 30 heavy (non-hydrogen) atoms. The summed E-state index contributed by atoms with van der Waals surface area (Å²) in [6.45, 7) is 10.5. The summed E-state index contributed by atoms with van der Waals surface area (Å²) >= 11 is 1.70. The number of hydrogen-bond acceptors (Lipinski definition) is 6. The third-order valence-electron chi connectivity index (χ3n) is 6.56. The monoisotopic (exact) mass is 432 g/mol. The molecule has 0 spiro atoms. The number of carbonyl (C=O) groups is 1. The van der Waals surface area contributed by atoms with Crippen molar-refractivity contribution in [2.45, 2.75) is 46.6 Å². The average Bonchev–Trinajstić information content (AvgIpc) is 3.06. The number of aromatic amines is 1. The maximum atomic E-state index is 12.9.